The molecule has 1 nitrogen and oxygen atoms in total. The molecule has 0 radical (unpaired) electrons. The van der Waals surface area contributed by atoms with E-state index in [0.29, 0.717) is 0 Å². The highest BCUT2D eigenvalue weighted by Gasteiger charge is 2.06. The van der Waals surface area contributed by atoms with Crippen LogP contribution in [0.25, 0.3) is 0 Å². The van der Waals surface area contributed by atoms with Gasteiger partial charge in [0, 0.05) is 0 Å². The van der Waals surface area contributed by atoms with E-state index in [1.807, 2.05) is 22.9 Å². The van der Waals surface area contributed by atoms with Crippen molar-refractivity contribution < 1.29 is 0 Å². The summed E-state index contributed by atoms with van der Waals surface area (Å²) in [6.45, 7) is 6.63. The Labute approximate surface area is 71.5 Å². The highest BCUT2D eigenvalue weighted by molar-refractivity contribution is 14.1. The van der Waals surface area contributed by atoms with Crippen molar-refractivity contribution in [2.45, 2.75) is 19.6 Å². The second kappa shape index (κ2) is 4.07. The van der Waals surface area contributed by atoms with Gasteiger partial charge in [0.1, 0.15) is 8.07 Å². The van der Waals surface area contributed by atoms with E-state index in [2.05, 4.69) is 34.3 Å². The topological polar surface area (TPSA) is 12.4 Å². The Hall–Kier alpha value is 0.177. The zero-order valence-corrected chi connectivity index (χ0v) is 9.06. The van der Waals surface area contributed by atoms with Crippen molar-refractivity contribution in [1.82, 2.24) is 0 Å². The highest BCUT2D eigenvalue weighted by atomic mass is 127. The third-order valence-corrected chi connectivity index (χ3v) is 1.73. The quantitative estimate of drug-likeness (QED) is 0.271. The average molecular weight is 251 g/mol. The van der Waals surface area contributed by atoms with Crippen LogP contribution in [0.1, 0.15) is 0 Å². The van der Waals surface area contributed by atoms with E-state index in [-0.39, 0.29) is 0 Å². The van der Waals surface area contributed by atoms with Crippen molar-refractivity contribution in [3.05, 3.63) is 0 Å². The molecule has 0 atom stereocenters. The molecule has 0 aliphatic rings. The van der Waals surface area contributed by atoms with Crippen LogP contribution in [0.5, 0.6) is 0 Å². The first-order chi connectivity index (χ1) is 4.06. The van der Waals surface area contributed by atoms with Gasteiger partial charge in [0.2, 0.25) is 0 Å². The first kappa shape index (κ1) is 9.18. The molecule has 0 aliphatic carbocycles. The molecule has 9 heavy (non-hydrogen) atoms. The van der Waals surface area contributed by atoms with Crippen molar-refractivity contribution in [3.8, 4) is 11.5 Å². The first-order valence-electron chi connectivity index (χ1n) is 2.72. The molecule has 50 valence electrons. The van der Waals surface area contributed by atoms with Crippen molar-refractivity contribution in [2.24, 2.45) is 3.21 Å². The van der Waals surface area contributed by atoms with Crippen molar-refractivity contribution in [2.75, 3.05) is 0 Å². The number of nitrogens with zero attached hydrogens (tertiary/aromatic N) is 1. The zero-order valence-electron chi connectivity index (χ0n) is 5.90. The maximum Gasteiger partial charge on any atom is 0.129 e. The molecule has 0 unspecified atom stereocenters. The van der Waals surface area contributed by atoms with Crippen LogP contribution < -0.4 is 0 Å². The predicted octanol–water partition coefficient (Wildman–Crippen LogP) is 2.29. The van der Waals surface area contributed by atoms with Crippen molar-refractivity contribution in [3.63, 3.8) is 0 Å². The Balaban J connectivity index is 3.88. The third kappa shape index (κ3) is 8.18. The molecule has 0 amide bonds. The van der Waals surface area contributed by atoms with Crippen LogP contribution in [0.2, 0.25) is 19.6 Å². The Morgan fingerprint density at radius 2 is 2.00 bits per heavy atom. The summed E-state index contributed by atoms with van der Waals surface area (Å²) < 4.78 is 3.73. The van der Waals surface area contributed by atoms with Crippen LogP contribution in [0, 0.1) is 11.5 Å². The standard InChI is InChI=1S/C6H10INSi/c1-9(2,3)6-4-5-8-7/h5H,1-3H3/b8-5+. The van der Waals surface area contributed by atoms with E-state index in [9.17, 15) is 0 Å². The molecule has 0 fully saturated rings. The Morgan fingerprint density at radius 1 is 1.44 bits per heavy atom. The minimum Gasteiger partial charge on any atom is -0.214 e. The molecule has 0 spiro atoms. The molecule has 0 saturated heterocycles. The smallest absolute Gasteiger partial charge is 0.129 e. The van der Waals surface area contributed by atoms with Crippen molar-refractivity contribution >= 4 is 37.2 Å². The summed E-state index contributed by atoms with van der Waals surface area (Å²) in [6.07, 6.45) is 1.64. The van der Waals surface area contributed by atoms with Gasteiger partial charge in [-0.15, -0.1) is 5.54 Å². The summed E-state index contributed by atoms with van der Waals surface area (Å²) in [7, 11) is -1.15. The van der Waals surface area contributed by atoms with Crippen LogP contribution in [-0.2, 0) is 0 Å². The second-order valence-corrected chi connectivity index (χ2v) is 8.05. The second-order valence-electron chi connectivity index (χ2n) is 2.75. The Morgan fingerprint density at radius 3 is 2.33 bits per heavy atom. The molecule has 0 aromatic heterocycles. The normalized spacial score (nSPS) is 11.1. The summed E-state index contributed by atoms with van der Waals surface area (Å²) >= 11 is 1.92. The lowest BCUT2D eigenvalue weighted by molar-refractivity contribution is 1.81. The maximum atomic E-state index is 3.73. The Kier molecular flexibility index (Phi) is 4.15. The SMILES string of the molecule is C[Si](C)(C)C#C/C=N/I. The van der Waals surface area contributed by atoms with Gasteiger partial charge in [0.25, 0.3) is 0 Å². The van der Waals surface area contributed by atoms with E-state index >= 15 is 0 Å². The average Bonchev–Trinajstić information content (AvgIpc) is 1.63. The van der Waals surface area contributed by atoms with Crippen LogP contribution in [0.15, 0.2) is 3.21 Å². The number of rotatable bonds is 0. The Bertz CT molecular complexity index is 158. The van der Waals surface area contributed by atoms with Gasteiger partial charge in [0.15, 0.2) is 0 Å². The predicted molar refractivity (Wildman–Crippen MR) is 53.6 cm³/mol. The fourth-order valence-electron chi connectivity index (χ4n) is 0.273. The molecule has 0 aromatic carbocycles. The first-order valence-corrected chi connectivity index (χ1v) is 7.18. The lowest BCUT2D eigenvalue weighted by Gasteiger charge is -2.01. The van der Waals surface area contributed by atoms with Crippen molar-refractivity contribution in [1.29, 1.82) is 0 Å². The van der Waals surface area contributed by atoms with Gasteiger partial charge in [-0.25, -0.2) is 3.21 Å². The van der Waals surface area contributed by atoms with Gasteiger partial charge < -0.3 is 0 Å². The van der Waals surface area contributed by atoms with Gasteiger partial charge in [-0.2, -0.15) is 0 Å². The molecule has 0 saturated carbocycles. The zero-order chi connectivity index (χ0) is 7.33. The van der Waals surface area contributed by atoms with Crippen LogP contribution in [-0.4, -0.2) is 14.3 Å². The van der Waals surface area contributed by atoms with Crippen LogP contribution in [0.4, 0.5) is 0 Å². The molecule has 0 rings (SSSR count). The van der Waals surface area contributed by atoms with E-state index in [4.69, 9.17) is 0 Å². The molecule has 3 heteroatoms. The minimum atomic E-state index is -1.15. The summed E-state index contributed by atoms with van der Waals surface area (Å²) in [5.41, 5.74) is 3.16. The van der Waals surface area contributed by atoms with Gasteiger partial charge in [0.05, 0.1) is 29.1 Å². The summed E-state index contributed by atoms with van der Waals surface area (Å²) in [6, 6.07) is 0. The monoisotopic (exact) mass is 251 g/mol. The fraction of sp³-hybridized carbons (Fsp3) is 0.500. The minimum absolute atomic E-state index is 1.15. The summed E-state index contributed by atoms with van der Waals surface area (Å²) in [4.78, 5) is 0. The van der Waals surface area contributed by atoms with E-state index in [1.165, 1.54) is 0 Å². The molecule has 0 N–H and O–H groups in total. The summed E-state index contributed by atoms with van der Waals surface area (Å²) in [5, 5.41) is 0. The molecule has 0 heterocycles. The van der Waals surface area contributed by atoms with Crippen LogP contribution in [0.3, 0.4) is 0 Å². The lowest BCUT2D eigenvalue weighted by Crippen LogP contribution is -2.16. The van der Waals surface area contributed by atoms with Gasteiger partial charge in [-0.05, 0) is 0 Å². The molecule has 0 bridgehead atoms. The van der Waals surface area contributed by atoms with E-state index in [0.717, 1.165) is 0 Å². The third-order valence-electron chi connectivity index (χ3n) is 0.561. The maximum absolute atomic E-state index is 3.73. The fourth-order valence-corrected chi connectivity index (χ4v) is 0.910. The number of halogens is 1. The van der Waals surface area contributed by atoms with Gasteiger partial charge in [-0.3, -0.25) is 0 Å². The number of hydrogen-bond acceptors (Lipinski definition) is 1. The molecule has 0 aliphatic heterocycles. The number of hydrogen-bond donors (Lipinski definition) is 0. The van der Waals surface area contributed by atoms with E-state index in [1.54, 1.807) is 6.21 Å². The molecular formula is C6H10INSi. The van der Waals surface area contributed by atoms with Gasteiger partial charge >= 0.3 is 0 Å². The van der Waals surface area contributed by atoms with Crippen LogP contribution >= 0.6 is 22.9 Å². The lowest BCUT2D eigenvalue weighted by atomic mass is 10.8. The van der Waals surface area contributed by atoms with Gasteiger partial charge in [-0.1, -0.05) is 25.6 Å². The molecular weight excluding hydrogens is 241 g/mol. The largest absolute Gasteiger partial charge is 0.214 e. The van der Waals surface area contributed by atoms with E-state index < -0.39 is 8.07 Å². The summed E-state index contributed by atoms with van der Waals surface area (Å²) in [5.74, 6) is 2.89. The molecule has 0 aromatic rings. The highest BCUT2D eigenvalue weighted by Crippen LogP contribution is 1.95.